The highest BCUT2D eigenvalue weighted by Gasteiger charge is 2.25. The number of benzene rings is 1. The Morgan fingerprint density at radius 2 is 2.10 bits per heavy atom. The Labute approximate surface area is 126 Å². The molecule has 0 radical (unpaired) electrons. The lowest BCUT2D eigenvalue weighted by Gasteiger charge is -2.25. The minimum absolute atomic E-state index is 0.120. The first-order valence-electron chi connectivity index (χ1n) is 6.78. The molecule has 0 spiro atoms. The second-order valence-electron chi connectivity index (χ2n) is 5.33. The Kier molecular flexibility index (Phi) is 6.90. The van der Waals surface area contributed by atoms with Crippen LogP contribution in [0.4, 0.5) is 0 Å². The van der Waals surface area contributed by atoms with Crippen LogP contribution in [0, 0.1) is 0 Å². The van der Waals surface area contributed by atoms with Gasteiger partial charge < -0.3 is 24.1 Å². The van der Waals surface area contributed by atoms with Gasteiger partial charge in [-0.2, -0.15) is 0 Å². The Hall–Kier alpha value is -1.34. The maximum Gasteiger partial charge on any atom is 0.191 e. The molecular weight excluding hydrogens is 288 g/mol. The number of rotatable bonds is 9. The number of phenolic OH excluding ortho intramolecular Hbond substituents is 1. The molecule has 1 aromatic rings. The summed E-state index contributed by atoms with van der Waals surface area (Å²) < 4.78 is 16.0. The summed E-state index contributed by atoms with van der Waals surface area (Å²) in [5, 5.41) is 19.2. The largest absolute Gasteiger partial charge is 0.504 e. The van der Waals surface area contributed by atoms with E-state index in [4.69, 9.17) is 13.9 Å². The Balaban J connectivity index is 2.57. The fourth-order valence-corrected chi connectivity index (χ4v) is 3.80. The van der Waals surface area contributed by atoms with E-state index >= 15 is 0 Å². The third-order valence-corrected chi connectivity index (χ3v) is 5.10. The molecule has 1 aromatic carbocycles. The molecule has 0 aliphatic carbocycles. The van der Waals surface area contributed by atoms with E-state index in [1.54, 1.807) is 18.2 Å². The van der Waals surface area contributed by atoms with Gasteiger partial charge in [0.25, 0.3) is 0 Å². The lowest BCUT2D eigenvalue weighted by atomic mass is 10.2. The second-order valence-corrected chi connectivity index (χ2v) is 9.49. The Morgan fingerprint density at radius 3 is 2.71 bits per heavy atom. The van der Waals surface area contributed by atoms with Crippen LogP contribution < -0.4 is 4.74 Å². The van der Waals surface area contributed by atoms with Crippen LogP contribution >= 0.6 is 0 Å². The van der Waals surface area contributed by atoms with Crippen LogP contribution in [0.5, 0.6) is 11.5 Å². The van der Waals surface area contributed by atoms with Gasteiger partial charge in [-0.05, 0) is 36.8 Å². The van der Waals surface area contributed by atoms with Gasteiger partial charge in [0.15, 0.2) is 26.1 Å². The summed E-state index contributed by atoms with van der Waals surface area (Å²) in [6.07, 6.45) is 0.637. The molecule has 0 saturated heterocycles. The molecule has 1 rings (SSSR count). The van der Waals surface area contributed by atoms with Crippen LogP contribution in [0.15, 0.2) is 30.9 Å². The molecule has 118 valence electrons. The van der Waals surface area contributed by atoms with Gasteiger partial charge in [0.05, 0.1) is 20.3 Å². The van der Waals surface area contributed by atoms with Crippen molar-refractivity contribution in [3.8, 4) is 11.5 Å². The van der Waals surface area contributed by atoms with Crippen molar-refractivity contribution in [3.63, 3.8) is 0 Å². The van der Waals surface area contributed by atoms with E-state index in [1.165, 1.54) is 7.11 Å². The molecule has 2 N–H and O–H groups in total. The first-order chi connectivity index (χ1) is 9.88. The minimum Gasteiger partial charge on any atom is -0.504 e. The number of hydrogen-bond acceptors (Lipinski definition) is 5. The molecule has 0 heterocycles. The molecule has 0 amide bonds. The van der Waals surface area contributed by atoms with Crippen molar-refractivity contribution in [2.45, 2.75) is 25.4 Å². The van der Waals surface area contributed by atoms with Gasteiger partial charge in [0.1, 0.15) is 0 Å². The Morgan fingerprint density at radius 1 is 1.38 bits per heavy atom. The standard InChI is InChI=1S/C15H24O5Si/c1-5-8-19-15(17)10-20-21(3,4)11-12-6-7-13(16)14(9-12)18-2/h5-7,9,15-17H,1,8,10-11H2,2-4H3. The number of aliphatic hydroxyl groups is 1. The topological polar surface area (TPSA) is 68.2 Å². The Bertz CT molecular complexity index is 461. The number of aromatic hydroxyl groups is 1. The number of aliphatic hydroxyl groups excluding tert-OH is 1. The molecule has 0 aliphatic heterocycles. The summed E-state index contributed by atoms with van der Waals surface area (Å²) in [6.45, 7) is 8.08. The monoisotopic (exact) mass is 312 g/mol. The third kappa shape index (κ3) is 6.30. The van der Waals surface area contributed by atoms with E-state index in [2.05, 4.69) is 19.7 Å². The molecule has 21 heavy (non-hydrogen) atoms. The summed E-state index contributed by atoms with van der Waals surface area (Å²) in [5.41, 5.74) is 1.03. The minimum atomic E-state index is -2.00. The SMILES string of the molecule is C=CCOC(O)CO[Si](C)(C)Cc1ccc(O)c(OC)c1. The second kappa shape index (κ2) is 8.19. The number of methoxy groups -OCH3 is 1. The molecule has 1 atom stereocenters. The maximum atomic E-state index is 9.60. The van der Waals surface area contributed by atoms with E-state index in [9.17, 15) is 10.2 Å². The summed E-state index contributed by atoms with van der Waals surface area (Å²) in [7, 11) is -0.483. The fourth-order valence-electron chi connectivity index (χ4n) is 1.90. The highest BCUT2D eigenvalue weighted by molar-refractivity contribution is 6.70. The molecule has 5 nitrogen and oxygen atoms in total. The molecule has 0 aliphatic rings. The summed E-state index contributed by atoms with van der Waals surface area (Å²) in [6, 6.07) is 6.01. The summed E-state index contributed by atoms with van der Waals surface area (Å²) in [5.74, 6) is 0.571. The fraction of sp³-hybridized carbons (Fsp3) is 0.467. The number of ether oxygens (including phenoxy) is 2. The van der Waals surface area contributed by atoms with Crippen LogP contribution in [-0.4, -0.2) is 45.1 Å². The van der Waals surface area contributed by atoms with Crippen LogP contribution in [0.2, 0.25) is 13.1 Å². The molecule has 6 heteroatoms. The van der Waals surface area contributed by atoms with Crippen molar-refractivity contribution in [2.24, 2.45) is 0 Å². The summed E-state index contributed by atoms with van der Waals surface area (Å²) in [4.78, 5) is 0. The normalized spacial score (nSPS) is 13.0. The van der Waals surface area contributed by atoms with E-state index < -0.39 is 14.6 Å². The highest BCUT2D eigenvalue weighted by atomic mass is 28.4. The molecule has 0 bridgehead atoms. The lowest BCUT2D eigenvalue weighted by Crippen LogP contribution is -2.37. The van der Waals surface area contributed by atoms with E-state index in [1.807, 2.05) is 6.07 Å². The third-order valence-electron chi connectivity index (χ3n) is 2.90. The maximum absolute atomic E-state index is 9.60. The molecule has 0 fully saturated rings. The van der Waals surface area contributed by atoms with Gasteiger partial charge in [-0.15, -0.1) is 6.58 Å². The van der Waals surface area contributed by atoms with Gasteiger partial charge in [-0.1, -0.05) is 12.1 Å². The van der Waals surface area contributed by atoms with E-state index in [-0.39, 0.29) is 12.4 Å². The van der Waals surface area contributed by atoms with Gasteiger partial charge in [0, 0.05) is 0 Å². The predicted molar refractivity (Wildman–Crippen MR) is 84.0 cm³/mol. The number of hydrogen-bond donors (Lipinski definition) is 2. The highest BCUT2D eigenvalue weighted by Crippen LogP contribution is 2.27. The first-order valence-corrected chi connectivity index (χ1v) is 9.90. The zero-order chi connectivity index (χ0) is 15.9. The summed E-state index contributed by atoms with van der Waals surface area (Å²) >= 11 is 0. The number of phenols is 1. The van der Waals surface area contributed by atoms with Crippen molar-refractivity contribution in [1.29, 1.82) is 0 Å². The van der Waals surface area contributed by atoms with Crippen molar-refractivity contribution >= 4 is 8.32 Å². The van der Waals surface area contributed by atoms with E-state index in [0.29, 0.717) is 12.4 Å². The zero-order valence-electron chi connectivity index (χ0n) is 12.8. The average molecular weight is 312 g/mol. The lowest BCUT2D eigenvalue weighted by molar-refractivity contribution is -0.112. The molecule has 0 saturated carbocycles. The van der Waals surface area contributed by atoms with Crippen molar-refractivity contribution < 1.29 is 24.1 Å². The molecular formula is C15H24O5Si. The van der Waals surface area contributed by atoms with Gasteiger partial charge in [0.2, 0.25) is 0 Å². The smallest absolute Gasteiger partial charge is 0.191 e. The first kappa shape index (κ1) is 17.7. The van der Waals surface area contributed by atoms with Gasteiger partial charge in [-0.3, -0.25) is 0 Å². The average Bonchev–Trinajstić information content (AvgIpc) is 2.44. The van der Waals surface area contributed by atoms with Crippen LogP contribution in [0.1, 0.15) is 5.56 Å². The molecule has 0 aromatic heterocycles. The predicted octanol–water partition coefficient (Wildman–Crippen LogP) is 2.23. The van der Waals surface area contributed by atoms with Gasteiger partial charge >= 0.3 is 0 Å². The van der Waals surface area contributed by atoms with Crippen LogP contribution in [0.25, 0.3) is 0 Å². The zero-order valence-corrected chi connectivity index (χ0v) is 13.8. The van der Waals surface area contributed by atoms with Crippen molar-refractivity contribution in [1.82, 2.24) is 0 Å². The quantitative estimate of drug-likeness (QED) is 0.416. The van der Waals surface area contributed by atoms with Gasteiger partial charge in [-0.25, -0.2) is 0 Å². The van der Waals surface area contributed by atoms with Crippen LogP contribution in [-0.2, 0) is 15.2 Å². The van der Waals surface area contributed by atoms with E-state index in [0.717, 1.165) is 11.6 Å². The van der Waals surface area contributed by atoms with Crippen LogP contribution in [0.3, 0.4) is 0 Å². The van der Waals surface area contributed by atoms with Crippen molar-refractivity contribution in [3.05, 3.63) is 36.4 Å². The molecule has 1 unspecified atom stereocenters. The van der Waals surface area contributed by atoms with Crippen molar-refractivity contribution in [2.75, 3.05) is 20.3 Å².